The molecule has 3 fully saturated rings. The van der Waals surface area contributed by atoms with Crippen molar-refractivity contribution in [2.24, 2.45) is 40.4 Å². The molecule has 0 aromatic heterocycles. The van der Waals surface area contributed by atoms with E-state index in [1.807, 2.05) is 5.57 Å². The van der Waals surface area contributed by atoms with Crippen LogP contribution in [-0.4, -0.2) is 0 Å². The van der Waals surface area contributed by atoms with Gasteiger partial charge in [-0.25, -0.2) is 0 Å². The van der Waals surface area contributed by atoms with E-state index in [0.29, 0.717) is 10.8 Å². The Balaban J connectivity index is 1.36. The van der Waals surface area contributed by atoms with E-state index in [0.717, 1.165) is 35.5 Å². The van der Waals surface area contributed by atoms with Gasteiger partial charge in [-0.05, 0) is 115 Å². The Hall–Kier alpha value is -1.04. The van der Waals surface area contributed by atoms with Crippen LogP contribution in [0.1, 0.15) is 108 Å². The first-order valence-electron chi connectivity index (χ1n) is 13.8. The molecule has 1 aromatic carbocycles. The predicted molar refractivity (Wildman–Crippen MR) is 131 cm³/mol. The van der Waals surface area contributed by atoms with Crippen molar-refractivity contribution in [2.45, 2.75) is 104 Å². The molecule has 0 heterocycles. The van der Waals surface area contributed by atoms with Crippen molar-refractivity contribution in [1.29, 1.82) is 0 Å². The predicted octanol–water partition coefficient (Wildman–Crippen LogP) is 8.71. The first kappa shape index (κ1) is 20.6. The molecule has 5 aliphatic carbocycles. The Bertz CT molecular complexity index is 859. The van der Waals surface area contributed by atoms with E-state index in [2.05, 4.69) is 51.1 Å². The molecule has 0 radical (unpaired) electrons. The summed E-state index contributed by atoms with van der Waals surface area (Å²) in [5.74, 6) is 5.34. The molecule has 0 aliphatic heterocycles. The van der Waals surface area contributed by atoms with Gasteiger partial charge in [0, 0.05) is 0 Å². The topological polar surface area (TPSA) is 0 Å². The quantitative estimate of drug-likeness (QED) is 0.401. The van der Waals surface area contributed by atoms with Gasteiger partial charge < -0.3 is 0 Å². The molecule has 0 spiro atoms. The zero-order valence-electron chi connectivity index (χ0n) is 20.3. The fourth-order valence-corrected chi connectivity index (χ4v) is 9.85. The Labute approximate surface area is 191 Å². The van der Waals surface area contributed by atoms with Crippen molar-refractivity contribution in [3.63, 3.8) is 0 Å². The Morgan fingerprint density at radius 1 is 0.774 bits per heavy atom. The molecule has 31 heavy (non-hydrogen) atoms. The van der Waals surface area contributed by atoms with E-state index in [9.17, 15) is 0 Å². The first-order chi connectivity index (χ1) is 15.0. The average Bonchev–Trinajstić information content (AvgIpc) is 2.78. The maximum absolute atomic E-state index is 2.94. The summed E-state index contributed by atoms with van der Waals surface area (Å²) < 4.78 is 0. The molecule has 3 saturated carbocycles. The van der Waals surface area contributed by atoms with Gasteiger partial charge in [-0.3, -0.25) is 0 Å². The van der Waals surface area contributed by atoms with Gasteiger partial charge in [-0.1, -0.05) is 75.9 Å². The minimum absolute atomic E-state index is 0.488. The van der Waals surface area contributed by atoms with E-state index in [1.54, 1.807) is 11.1 Å². The summed E-state index contributed by atoms with van der Waals surface area (Å²) in [7, 11) is 0. The summed E-state index contributed by atoms with van der Waals surface area (Å²) in [6, 6.07) is 9.53. The highest BCUT2D eigenvalue weighted by molar-refractivity contribution is 5.36. The third-order valence-electron chi connectivity index (χ3n) is 11.2. The van der Waals surface area contributed by atoms with Gasteiger partial charge in [-0.2, -0.15) is 0 Å². The number of benzene rings is 1. The van der Waals surface area contributed by atoms with Crippen LogP contribution in [0.3, 0.4) is 0 Å². The van der Waals surface area contributed by atoms with Crippen LogP contribution in [0, 0.1) is 40.4 Å². The third-order valence-corrected chi connectivity index (χ3v) is 11.2. The zero-order valence-corrected chi connectivity index (χ0v) is 20.3. The van der Waals surface area contributed by atoms with Crippen molar-refractivity contribution in [3.8, 4) is 0 Å². The Morgan fingerprint density at radius 2 is 1.58 bits per heavy atom. The van der Waals surface area contributed by atoms with Gasteiger partial charge in [0.15, 0.2) is 0 Å². The van der Waals surface area contributed by atoms with E-state index in [-0.39, 0.29) is 0 Å². The van der Waals surface area contributed by atoms with Crippen LogP contribution in [-0.2, 0) is 6.42 Å². The Kier molecular flexibility index (Phi) is 4.97. The molecule has 5 aliphatic rings. The number of rotatable bonds is 1. The van der Waals surface area contributed by atoms with Gasteiger partial charge >= 0.3 is 0 Å². The van der Waals surface area contributed by atoms with Crippen LogP contribution in [0.2, 0.25) is 0 Å². The highest BCUT2D eigenvalue weighted by Crippen LogP contribution is 2.63. The summed E-state index contributed by atoms with van der Waals surface area (Å²) >= 11 is 0. The van der Waals surface area contributed by atoms with Crippen LogP contribution >= 0.6 is 0 Å². The minimum Gasteiger partial charge on any atom is -0.0811 e. The number of fused-ring (bicyclic) bond motifs is 6. The lowest BCUT2D eigenvalue weighted by molar-refractivity contribution is -0.0141. The molecule has 1 aromatic rings. The molecular formula is C31H44. The molecule has 7 unspecified atom stereocenters. The molecule has 0 nitrogen and oxygen atoms in total. The standard InChI is InChI=1S/C31H44/c1-30(2)17-8-18-31(3)28-20-23(14-13-21(28)15-16-29(30)31)27-19-22-9-4-5-10-24(22)25-11-6-7-12-26(25)27/h4-5,9-10,20-21,23,25-27,29H,6-8,11-19H2,1-3H3. The summed E-state index contributed by atoms with van der Waals surface area (Å²) in [4.78, 5) is 0. The smallest absolute Gasteiger partial charge is 0.00802 e. The zero-order chi connectivity index (χ0) is 21.2. The molecule has 7 atom stereocenters. The molecular weight excluding hydrogens is 372 g/mol. The number of hydrogen-bond donors (Lipinski definition) is 0. The molecule has 0 heteroatoms. The molecule has 0 amide bonds. The largest absolute Gasteiger partial charge is 0.0811 e. The van der Waals surface area contributed by atoms with Crippen LogP contribution in [0.15, 0.2) is 35.9 Å². The summed E-state index contributed by atoms with van der Waals surface area (Å²) in [6.45, 7) is 7.86. The third kappa shape index (κ3) is 3.21. The van der Waals surface area contributed by atoms with Crippen LogP contribution in [0.25, 0.3) is 0 Å². The van der Waals surface area contributed by atoms with Crippen molar-refractivity contribution in [1.82, 2.24) is 0 Å². The fraction of sp³-hybridized carbons (Fsp3) is 0.742. The molecule has 6 rings (SSSR count). The highest BCUT2D eigenvalue weighted by Gasteiger charge is 2.53. The fourth-order valence-electron chi connectivity index (χ4n) is 9.85. The highest BCUT2D eigenvalue weighted by atomic mass is 14.6. The second kappa shape index (κ2) is 7.50. The van der Waals surface area contributed by atoms with E-state index >= 15 is 0 Å². The molecule has 0 bridgehead atoms. The summed E-state index contributed by atoms with van der Waals surface area (Å²) in [5.41, 5.74) is 6.39. The summed E-state index contributed by atoms with van der Waals surface area (Å²) in [6.07, 6.45) is 20.4. The van der Waals surface area contributed by atoms with Crippen molar-refractivity contribution < 1.29 is 0 Å². The number of allylic oxidation sites excluding steroid dienone is 2. The van der Waals surface area contributed by atoms with Crippen LogP contribution in [0.4, 0.5) is 0 Å². The van der Waals surface area contributed by atoms with E-state index in [4.69, 9.17) is 0 Å². The van der Waals surface area contributed by atoms with Crippen LogP contribution in [0.5, 0.6) is 0 Å². The number of hydrogen-bond acceptors (Lipinski definition) is 0. The lowest BCUT2D eigenvalue weighted by Crippen LogP contribution is -2.49. The average molecular weight is 417 g/mol. The van der Waals surface area contributed by atoms with Crippen molar-refractivity contribution in [3.05, 3.63) is 47.0 Å². The van der Waals surface area contributed by atoms with Gasteiger partial charge in [0.1, 0.15) is 0 Å². The van der Waals surface area contributed by atoms with Gasteiger partial charge in [0.25, 0.3) is 0 Å². The van der Waals surface area contributed by atoms with Crippen molar-refractivity contribution in [2.75, 3.05) is 0 Å². The first-order valence-corrected chi connectivity index (χ1v) is 13.8. The van der Waals surface area contributed by atoms with Gasteiger partial charge in [0.2, 0.25) is 0 Å². The van der Waals surface area contributed by atoms with Crippen molar-refractivity contribution >= 4 is 0 Å². The SMILES string of the molecule is CC1(C)CCCC2(C)C3=CC(C4Cc5ccccc5C5CCCCC54)CCC3CCC12. The van der Waals surface area contributed by atoms with E-state index in [1.165, 1.54) is 77.0 Å². The lowest BCUT2D eigenvalue weighted by atomic mass is 9.46. The second-order valence-electron chi connectivity index (χ2n) is 13.1. The minimum atomic E-state index is 0.488. The van der Waals surface area contributed by atoms with Crippen LogP contribution < -0.4 is 0 Å². The lowest BCUT2D eigenvalue weighted by Gasteiger charge is -2.58. The Morgan fingerprint density at radius 3 is 2.48 bits per heavy atom. The normalized spacial score (nSPS) is 43.6. The maximum Gasteiger partial charge on any atom is -0.00802 e. The van der Waals surface area contributed by atoms with E-state index < -0.39 is 0 Å². The molecule has 0 N–H and O–H groups in total. The summed E-state index contributed by atoms with van der Waals surface area (Å²) in [5, 5.41) is 0. The van der Waals surface area contributed by atoms with Gasteiger partial charge in [0.05, 0.1) is 0 Å². The second-order valence-corrected chi connectivity index (χ2v) is 13.1. The maximum atomic E-state index is 2.94. The monoisotopic (exact) mass is 416 g/mol. The molecule has 168 valence electrons. The van der Waals surface area contributed by atoms with Gasteiger partial charge in [-0.15, -0.1) is 0 Å². The molecule has 0 saturated heterocycles.